The van der Waals surface area contributed by atoms with Gasteiger partial charge in [0.25, 0.3) is 5.69 Å². The van der Waals surface area contributed by atoms with Crippen LogP contribution in [0.25, 0.3) is 0 Å². The second-order valence-electron chi connectivity index (χ2n) is 5.67. The lowest BCUT2D eigenvalue weighted by atomic mass is 9.94. The highest BCUT2D eigenvalue weighted by Crippen LogP contribution is 2.21. The Morgan fingerprint density at radius 2 is 2.29 bits per heavy atom. The zero-order valence-corrected chi connectivity index (χ0v) is 12.4. The Hall–Kier alpha value is -1.95. The second-order valence-corrected chi connectivity index (χ2v) is 5.67. The number of carbonyl (C=O) groups excluding carboxylic acids is 1. The summed E-state index contributed by atoms with van der Waals surface area (Å²) in [6, 6.07) is 4.77. The van der Waals surface area contributed by atoms with Crippen LogP contribution in [0.3, 0.4) is 0 Å². The van der Waals surface area contributed by atoms with Crippen LogP contribution in [0, 0.1) is 23.0 Å². The number of nitro groups is 1. The molecule has 1 amide bonds. The summed E-state index contributed by atoms with van der Waals surface area (Å²) in [5, 5.41) is 17.0. The Morgan fingerprint density at radius 1 is 1.52 bits per heavy atom. The number of benzene rings is 1. The summed E-state index contributed by atoms with van der Waals surface area (Å²) in [6.45, 7) is 5.03. The van der Waals surface area contributed by atoms with Gasteiger partial charge in [-0.2, -0.15) is 0 Å². The number of nitrogens with zero attached hydrogens (tertiary/aromatic N) is 1. The molecule has 1 fully saturated rings. The molecule has 1 saturated heterocycles. The van der Waals surface area contributed by atoms with Gasteiger partial charge in [0.2, 0.25) is 5.91 Å². The normalized spacial score (nSPS) is 21.8. The topological polar surface area (TPSA) is 84.3 Å². The standard InChI is InChI=1S/C15H21N3O3/c1-10-6-7-16-13(8-10)15(19)17-9-12-4-3-5-14(11(12)2)18(20)21/h3-5,10,13,16H,6-9H2,1-2H3,(H,17,19). The molecule has 6 nitrogen and oxygen atoms in total. The van der Waals surface area contributed by atoms with Crippen LogP contribution in [0.4, 0.5) is 5.69 Å². The minimum Gasteiger partial charge on any atom is -0.351 e. The summed E-state index contributed by atoms with van der Waals surface area (Å²) >= 11 is 0. The number of hydrogen-bond acceptors (Lipinski definition) is 4. The first-order valence-electron chi connectivity index (χ1n) is 7.23. The van der Waals surface area contributed by atoms with E-state index in [1.165, 1.54) is 6.07 Å². The average Bonchev–Trinajstić information content (AvgIpc) is 2.45. The lowest BCUT2D eigenvalue weighted by Gasteiger charge is -2.27. The molecule has 0 aromatic heterocycles. The van der Waals surface area contributed by atoms with Gasteiger partial charge in [0, 0.05) is 18.2 Å². The highest BCUT2D eigenvalue weighted by molar-refractivity contribution is 5.81. The molecule has 0 radical (unpaired) electrons. The van der Waals surface area contributed by atoms with Gasteiger partial charge < -0.3 is 10.6 Å². The van der Waals surface area contributed by atoms with Crippen molar-refractivity contribution in [2.75, 3.05) is 6.54 Å². The summed E-state index contributed by atoms with van der Waals surface area (Å²) in [5.41, 5.74) is 1.47. The summed E-state index contributed by atoms with van der Waals surface area (Å²) < 4.78 is 0. The smallest absolute Gasteiger partial charge is 0.272 e. The van der Waals surface area contributed by atoms with Gasteiger partial charge in [0.1, 0.15) is 0 Å². The van der Waals surface area contributed by atoms with E-state index in [1.54, 1.807) is 19.1 Å². The van der Waals surface area contributed by atoms with Crippen molar-refractivity contribution in [2.24, 2.45) is 5.92 Å². The Kier molecular flexibility index (Phi) is 4.90. The van der Waals surface area contributed by atoms with E-state index in [4.69, 9.17) is 0 Å². The quantitative estimate of drug-likeness (QED) is 0.655. The summed E-state index contributed by atoms with van der Waals surface area (Å²) in [6.07, 6.45) is 1.92. The van der Waals surface area contributed by atoms with Gasteiger partial charge in [0.15, 0.2) is 0 Å². The predicted octanol–water partition coefficient (Wildman–Crippen LogP) is 1.91. The molecule has 2 rings (SSSR count). The van der Waals surface area contributed by atoms with Crippen molar-refractivity contribution < 1.29 is 9.72 Å². The van der Waals surface area contributed by atoms with Crippen molar-refractivity contribution in [3.63, 3.8) is 0 Å². The maximum atomic E-state index is 12.1. The monoisotopic (exact) mass is 291 g/mol. The van der Waals surface area contributed by atoms with Crippen LogP contribution >= 0.6 is 0 Å². The molecule has 114 valence electrons. The van der Waals surface area contributed by atoms with Crippen LogP contribution in [0.5, 0.6) is 0 Å². The summed E-state index contributed by atoms with van der Waals surface area (Å²) in [4.78, 5) is 22.6. The van der Waals surface area contributed by atoms with Gasteiger partial charge in [-0.05, 0) is 37.8 Å². The van der Waals surface area contributed by atoms with E-state index < -0.39 is 4.92 Å². The van der Waals surface area contributed by atoms with Crippen molar-refractivity contribution >= 4 is 11.6 Å². The molecule has 21 heavy (non-hydrogen) atoms. The van der Waals surface area contributed by atoms with Gasteiger partial charge in [-0.1, -0.05) is 19.1 Å². The lowest BCUT2D eigenvalue weighted by molar-refractivity contribution is -0.385. The molecule has 0 bridgehead atoms. The molecule has 2 unspecified atom stereocenters. The fraction of sp³-hybridized carbons (Fsp3) is 0.533. The molecule has 0 spiro atoms. The van der Waals surface area contributed by atoms with E-state index in [0.717, 1.165) is 24.9 Å². The molecule has 0 saturated carbocycles. The molecule has 1 aromatic carbocycles. The first kappa shape index (κ1) is 15.4. The Balaban J connectivity index is 1.98. The third kappa shape index (κ3) is 3.78. The van der Waals surface area contributed by atoms with Crippen LogP contribution in [0.2, 0.25) is 0 Å². The highest BCUT2D eigenvalue weighted by Gasteiger charge is 2.24. The van der Waals surface area contributed by atoms with E-state index >= 15 is 0 Å². The molecular formula is C15H21N3O3. The van der Waals surface area contributed by atoms with Crippen molar-refractivity contribution in [1.29, 1.82) is 0 Å². The van der Waals surface area contributed by atoms with E-state index in [-0.39, 0.29) is 17.6 Å². The Labute approximate surface area is 124 Å². The molecule has 0 aliphatic carbocycles. The van der Waals surface area contributed by atoms with Crippen molar-refractivity contribution in [3.05, 3.63) is 39.4 Å². The predicted molar refractivity (Wildman–Crippen MR) is 79.9 cm³/mol. The van der Waals surface area contributed by atoms with Gasteiger partial charge in [-0.15, -0.1) is 0 Å². The van der Waals surface area contributed by atoms with Crippen molar-refractivity contribution in [3.8, 4) is 0 Å². The molecule has 1 aliphatic heterocycles. The second kappa shape index (κ2) is 6.67. The van der Waals surface area contributed by atoms with Crippen LogP contribution in [0.15, 0.2) is 18.2 Å². The van der Waals surface area contributed by atoms with Crippen LogP contribution < -0.4 is 10.6 Å². The molecule has 6 heteroatoms. The molecular weight excluding hydrogens is 270 g/mol. The maximum Gasteiger partial charge on any atom is 0.272 e. The summed E-state index contributed by atoms with van der Waals surface area (Å²) in [5.74, 6) is 0.508. The minimum atomic E-state index is -0.398. The van der Waals surface area contributed by atoms with Gasteiger partial charge in [-0.3, -0.25) is 14.9 Å². The largest absolute Gasteiger partial charge is 0.351 e. The third-order valence-corrected chi connectivity index (χ3v) is 4.05. The maximum absolute atomic E-state index is 12.1. The SMILES string of the molecule is Cc1c(CNC(=O)C2CC(C)CCN2)cccc1[N+](=O)[O-]. The van der Waals surface area contributed by atoms with Crippen LogP contribution in [-0.4, -0.2) is 23.4 Å². The molecule has 1 heterocycles. The van der Waals surface area contributed by atoms with Crippen molar-refractivity contribution in [1.82, 2.24) is 10.6 Å². The fourth-order valence-electron chi connectivity index (χ4n) is 2.67. The Bertz CT molecular complexity index is 545. The number of nitro benzene ring substituents is 1. The number of carbonyl (C=O) groups is 1. The number of amides is 1. The number of nitrogens with one attached hydrogen (secondary N) is 2. The van der Waals surface area contributed by atoms with Gasteiger partial charge >= 0.3 is 0 Å². The molecule has 2 atom stereocenters. The van der Waals surface area contributed by atoms with Gasteiger partial charge in [0.05, 0.1) is 11.0 Å². The Morgan fingerprint density at radius 3 is 2.95 bits per heavy atom. The first-order valence-corrected chi connectivity index (χ1v) is 7.23. The average molecular weight is 291 g/mol. The fourth-order valence-corrected chi connectivity index (χ4v) is 2.67. The zero-order chi connectivity index (χ0) is 15.4. The van der Waals surface area contributed by atoms with Crippen LogP contribution in [0.1, 0.15) is 30.9 Å². The lowest BCUT2D eigenvalue weighted by Crippen LogP contribution is -2.48. The minimum absolute atomic E-state index is 0.0348. The number of piperidine rings is 1. The number of rotatable bonds is 4. The van der Waals surface area contributed by atoms with Crippen molar-refractivity contribution in [2.45, 2.75) is 39.3 Å². The molecule has 1 aromatic rings. The summed E-state index contributed by atoms with van der Waals surface area (Å²) in [7, 11) is 0. The highest BCUT2D eigenvalue weighted by atomic mass is 16.6. The van der Waals surface area contributed by atoms with E-state index in [2.05, 4.69) is 17.6 Å². The zero-order valence-electron chi connectivity index (χ0n) is 12.4. The van der Waals surface area contributed by atoms with Gasteiger partial charge in [-0.25, -0.2) is 0 Å². The third-order valence-electron chi connectivity index (χ3n) is 4.05. The molecule has 1 aliphatic rings. The van der Waals surface area contributed by atoms with E-state index in [1.807, 2.05) is 0 Å². The number of hydrogen-bond donors (Lipinski definition) is 2. The van der Waals surface area contributed by atoms with Crippen LogP contribution in [-0.2, 0) is 11.3 Å². The van der Waals surface area contributed by atoms with E-state index in [9.17, 15) is 14.9 Å². The molecule has 2 N–H and O–H groups in total. The first-order chi connectivity index (χ1) is 9.99. The van der Waals surface area contributed by atoms with E-state index in [0.29, 0.717) is 18.0 Å².